The fourth-order valence-electron chi connectivity index (χ4n) is 6.30. The summed E-state index contributed by atoms with van der Waals surface area (Å²) in [4.78, 5) is 12.4. The number of rotatable bonds is 42. The number of hydrogen-bond donors (Lipinski definition) is 0. The molecule has 0 spiro atoms. The van der Waals surface area contributed by atoms with E-state index in [2.05, 4.69) is 13.8 Å². The normalized spacial score (nSPS) is 14.0. The van der Waals surface area contributed by atoms with Crippen molar-refractivity contribution in [3.05, 3.63) is 0 Å². The van der Waals surface area contributed by atoms with Crippen LogP contribution in [0.5, 0.6) is 0 Å². The lowest BCUT2D eigenvalue weighted by Crippen LogP contribution is -2.37. The maximum absolute atomic E-state index is 12.4. The minimum absolute atomic E-state index is 0.0667. The molecule has 0 saturated heterocycles. The first kappa shape index (κ1) is 50.0. The minimum atomic E-state index is -4.38. The number of unbranched alkanes of at least 4 members (excludes halogenated alkanes) is 28. The van der Waals surface area contributed by atoms with Gasteiger partial charge in [0.2, 0.25) is 0 Å². The van der Waals surface area contributed by atoms with Crippen molar-refractivity contribution in [2.24, 2.45) is 0 Å². The highest BCUT2D eigenvalue weighted by Gasteiger charge is 2.18. The first-order valence-corrected chi connectivity index (χ1v) is 23.3. The Morgan fingerprint density at radius 3 is 1.16 bits per heavy atom. The Bertz CT molecular complexity index is 719. The van der Waals surface area contributed by atoms with Gasteiger partial charge in [-0.15, -0.1) is 0 Å². The van der Waals surface area contributed by atoms with E-state index in [1.54, 1.807) is 0 Å². The predicted octanol–water partition coefficient (Wildman–Crippen LogP) is 12.3. The Kier molecular flexibility index (Phi) is 37.3. The fourth-order valence-corrected chi connectivity index (χ4v) is 7.02. The van der Waals surface area contributed by atoms with Gasteiger partial charge in [-0.2, -0.15) is 0 Å². The van der Waals surface area contributed by atoms with E-state index in [-0.39, 0.29) is 13.2 Å². The highest BCUT2D eigenvalue weighted by atomic mass is 31.2. The maximum atomic E-state index is 12.4. The average molecular weight is 734 g/mol. The second-order valence-corrected chi connectivity index (χ2v) is 17.5. The second-order valence-electron chi connectivity index (χ2n) is 16.1. The molecule has 8 heteroatoms. The summed E-state index contributed by atoms with van der Waals surface area (Å²) in [5.41, 5.74) is 0. The van der Waals surface area contributed by atoms with Crippen LogP contribution in [0.25, 0.3) is 0 Å². The molecule has 0 aromatic carbocycles. The Balaban J connectivity index is 4.06. The van der Waals surface area contributed by atoms with Crippen molar-refractivity contribution in [1.82, 2.24) is 0 Å². The van der Waals surface area contributed by atoms with Crippen LogP contribution in [0, 0.1) is 0 Å². The Morgan fingerprint density at radius 1 is 0.460 bits per heavy atom. The van der Waals surface area contributed by atoms with Crippen LogP contribution >= 0.6 is 7.82 Å². The van der Waals surface area contributed by atoms with Gasteiger partial charge in [0.05, 0.1) is 34.4 Å². The van der Waals surface area contributed by atoms with Crippen molar-refractivity contribution < 1.29 is 32.5 Å². The quantitative estimate of drug-likeness (QED) is 0.0353. The van der Waals surface area contributed by atoms with E-state index in [1.165, 1.54) is 173 Å². The maximum Gasteiger partial charge on any atom is 0.268 e. The lowest BCUT2D eigenvalue weighted by atomic mass is 10.0. The van der Waals surface area contributed by atoms with Gasteiger partial charge in [-0.3, -0.25) is 4.57 Å². The first-order chi connectivity index (χ1) is 24.2. The summed E-state index contributed by atoms with van der Waals surface area (Å²) in [7, 11) is 1.61. The molecule has 2 unspecified atom stereocenters. The van der Waals surface area contributed by atoms with Gasteiger partial charge < -0.3 is 27.9 Å². The van der Waals surface area contributed by atoms with E-state index in [0.717, 1.165) is 19.3 Å². The third-order valence-electron chi connectivity index (χ3n) is 9.73. The third kappa shape index (κ3) is 40.8. The summed E-state index contributed by atoms with van der Waals surface area (Å²) >= 11 is 0. The summed E-state index contributed by atoms with van der Waals surface area (Å²) < 4.78 is 35.3. The molecule has 0 radical (unpaired) electrons. The average Bonchev–Trinajstić information content (AvgIpc) is 3.07. The van der Waals surface area contributed by atoms with Crippen molar-refractivity contribution in [2.75, 3.05) is 60.7 Å². The molecular weight excluding hydrogens is 645 g/mol. The Hall–Kier alpha value is -0.0100. The molecule has 0 fully saturated rings. The summed E-state index contributed by atoms with van der Waals surface area (Å²) in [6, 6.07) is 0. The van der Waals surface area contributed by atoms with Crippen LogP contribution in [0.2, 0.25) is 0 Å². The number of quaternary nitrogens is 1. The van der Waals surface area contributed by atoms with Crippen molar-refractivity contribution in [3.63, 3.8) is 0 Å². The predicted molar refractivity (Wildman–Crippen MR) is 213 cm³/mol. The van der Waals surface area contributed by atoms with Crippen molar-refractivity contribution in [1.29, 1.82) is 0 Å². The van der Waals surface area contributed by atoms with Gasteiger partial charge in [0.15, 0.2) is 0 Å². The SMILES string of the molecule is CCCCCCCCCCCCCCCCCCOC(COCCCCCCCCCCCCCCCC)COP(=O)([O-])OCC[N+](C)(C)C. The molecule has 0 amide bonds. The Morgan fingerprint density at radius 2 is 0.800 bits per heavy atom. The highest BCUT2D eigenvalue weighted by Crippen LogP contribution is 2.38. The zero-order chi connectivity index (χ0) is 36.9. The molecule has 0 aliphatic carbocycles. The molecular formula is C42H88NO6P. The number of nitrogens with zero attached hydrogens (tertiary/aromatic N) is 1. The molecule has 0 aromatic heterocycles. The number of hydrogen-bond acceptors (Lipinski definition) is 6. The smallest absolute Gasteiger partial charge is 0.268 e. The molecule has 0 aromatic rings. The molecule has 0 saturated carbocycles. The number of phosphoric acid groups is 1. The fraction of sp³-hybridized carbons (Fsp3) is 1.00. The van der Waals surface area contributed by atoms with Gasteiger partial charge in [0.1, 0.15) is 19.3 Å². The monoisotopic (exact) mass is 734 g/mol. The van der Waals surface area contributed by atoms with Crippen molar-refractivity contribution in [2.45, 2.75) is 213 Å². The van der Waals surface area contributed by atoms with Crippen molar-refractivity contribution >= 4 is 7.82 Å². The molecule has 0 bridgehead atoms. The van der Waals surface area contributed by atoms with Crippen LogP contribution < -0.4 is 4.89 Å². The number of ether oxygens (including phenoxy) is 2. The van der Waals surface area contributed by atoms with E-state index in [9.17, 15) is 9.46 Å². The summed E-state index contributed by atoms with van der Waals surface area (Å²) in [5, 5.41) is 0. The van der Waals surface area contributed by atoms with Gasteiger partial charge in [-0.05, 0) is 12.8 Å². The molecule has 7 nitrogen and oxygen atoms in total. The summed E-state index contributed by atoms with van der Waals surface area (Å²) in [5.74, 6) is 0. The van der Waals surface area contributed by atoms with Crippen LogP contribution in [0.1, 0.15) is 206 Å². The lowest BCUT2D eigenvalue weighted by molar-refractivity contribution is -0.870. The van der Waals surface area contributed by atoms with E-state index < -0.39 is 13.9 Å². The lowest BCUT2D eigenvalue weighted by Gasteiger charge is -2.28. The van der Waals surface area contributed by atoms with Gasteiger partial charge >= 0.3 is 0 Å². The third-order valence-corrected chi connectivity index (χ3v) is 10.7. The van der Waals surface area contributed by atoms with Gasteiger partial charge in [0.25, 0.3) is 7.82 Å². The second kappa shape index (κ2) is 37.3. The van der Waals surface area contributed by atoms with E-state index >= 15 is 0 Å². The number of likely N-dealkylation sites (N-methyl/N-ethyl adjacent to an activating group) is 1. The molecule has 0 heterocycles. The molecule has 0 aliphatic rings. The van der Waals surface area contributed by atoms with E-state index in [1.807, 2.05) is 21.1 Å². The van der Waals surface area contributed by atoms with Crippen LogP contribution in [0.4, 0.5) is 0 Å². The molecule has 2 atom stereocenters. The summed E-state index contributed by atoms with van der Waals surface area (Å²) in [6.07, 6.45) is 39.6. The molecule has 302 valence electrons. The largest absolute Gasteiger partial charge is 0.756 e. The highest BCUT2D eigenvalue weighted by molar-refractivity contribution is 7.45. The van der Waals surface area contributed by atoms with Crippen LogP contribution in [0.15, 0.2) is 0 Å². The van der Waals surface area contributed by atoms with Crippen LogP contribution in [-0.4, -0.2) is 71.3 Å². The standard InChI is InChI=1S/C42H88NO6P/c1-6-8-10-12-14-16-18-20-22-23-25-27-29-31-33-35-38-47-42(41-49-50(44,45)48-39-36-43(3,4)5)40-46-37-34-32-30-28-26-24-21-19-17-15-13-11-9-7-2/h42H,6-41H2,1-5H3. The van der Waals surface area contributed by atoms with Crippen LogP contribution in [-0.2, 0) is 23.1 Å². The van der Waals surface area contributed by atoms with E-state index in [0.29, 0.717) is 30.8 Å². The molecule has 0 N–H and O–H groups in total. The zero-order valence-electron chi connectivity index (χ0n) is 34.4. The first-order valence-electron chi connectivity index (χ1n) is 21.8. The topological polar surface area (TPSA) is 77.1 Å². The summed E-state index contributed by atoms with van der Waals surface area (Å²) in [6.45, 7) is 6.79. The van der Waals surface area contributed by atoms with Crippen molar-refractivity contribution in [3.8, 4) is 0 Å². The van der Waals surface area contributed by atoms with Crippen LogP contribution in [0.3, 0.4) is 0 Å². The minimum Gasteiger partial charge on any atom is -0.756 e. The van der Waals surface area contributed by atoms with Gasteiger partial charge in [-0.1, -0.05) is 194 Å². The van der Waals surface area contributed by atoms with Gasteiger partial charge in [-0.25, -0.2) is 0 Å². The number of phosphoric ester groups is 1. The Labute approximate surface area is 312 Å². The molecule has 50 heavy (non-hydrogen) atoms. The molecule has 0 aliphatic heterocycles. The zero-order valence-corrected chi connectivity index (χ0v) is 35.3. The van der Waals surface area contributed by atoms with Gasteiger partial charge in [0, 0.05) is 13.2 Å². The van der Waals surface area contributed by atoms with E-state index in [4.69, 9.17) is 18.5 Å². The molecule has 0 rings (SSSR count).